The summed E-state index contributed by atoms with van der Waals surface area (Å²) in [5, 5.41) is 6.00. The highest BCUT2D eigenvalue weighted by Crippen LogP contribution is 2.30. The molecule has 94 valence electrons. The molecule has 1 atom stereocenters. The van der Waals surface area contributed by atoms with E-state index in [-0.39, 0.29) is 17.6 Å². The first-order valence-corrected chi connectivity index (χ1v) is 6.04. The molecule has 2 amide bonds. The third kappa shape index (κ3) is 3.67. The lowest BCUT2D eigenvalue weighted by Crippen LogP contribution is -2.57. The second kappa shape index (κ2) is 5.53. The first-order valence-electron chi connectivity index (χ1n) is 6.04. The van der Waals surface area contributed by atoms with Crippen molar-refractivity contribution >= 4 is 6.03 Å². The third-order valence-corrected chi connectivity index (χ3v) is 3.34. The topological polar surface area (TPSA) is 50.4 Å². The molecule has 0 bridgehead atoms. The summed E-state index contributed by atoms with van der Waals surface area (Å²) < 4.78 is 5.09. The molecule has 0 aromatic heterocycles. The zero-order chi connectivity index (χ0) is 12.2. The van der Waals surface area contributed by atoms with Crippen molar-refractivity contribution in [2.75, 3.05) is 13.7 Å². The Bertz CT molecular complexity index is 237. The minimum atomic E-state index is -0.0713. The van der Waals surface area contributed by atoms with Crippen LogP contribution in [-0.2, 0) is 4.74 Å². The zero-order valence-corrected chi connectivity index (χ0v) is 10.8. The number of hydrogen-bond donors (Lipinski definition) is 2. The standard InChI is InChI=1S/C12H24N2O2/c1-9(2)10(8-16-4)13-11(15)14-12(3)6-5-7-12/h9-10H,5-8H2,1-4H3,(H2,13,14,15)/t10-/m0/s1. The van der Waals surface area contributed by atoms with Crippen LogP contribution in [0.3, 0.4) is 0 Å². The van der Waals surface area contributed by atoms with Gasteiger partial charge in [-0.1, -0.05) is 13.8 Å². The molecule has 4 nitrogen and oxygen atoms in total. The van der Waals surface area contributed by atoms with Gasteiger partial charge in [0.15, 0.2) is 0 Å². The fourth-order valence-electron chi connectivity index (χ4n) is 1.89. The molecule has 0 saturated heterocycles. The molecule has 1 rings (SSSR count). The summed E-state index contributed by atoms with van der Waals surface area (Å²) >= 11 is 0. The van der Waals surface area contributed by atoms with Gasteiger partial charge in [-0.2, -0.15) is 0 Å². The predicted octanol–water partition coefficient (Wildman–Crippen LogP) is 1.90. The molecule has 4 heteroatoms. The minimum Gasteiger partial charge on any atom is -0.383 e. The Morgan fingerprint density at radius 1 is 1.44 bits per heavy atom. The molecule has 0 aromatic carbocycles. The van der Waals surface area contributed by atoms with Gasteiger partial charge < -0.3 is 15.4 Å². The number of methoxy groups -OCH3 is 1. The maximum Gasteiger partial charge on any atom is 0.315 e. The van der Waals surface area contributed by atoms with Gasteiger partial charge in [0.1, 0.15) is 0 Å². The normalized spacial score (nSPS) is 20.1. The monoisotopic (exact) mass is 228 g/mol. The third-order valence-electron chi connectivity index (χ3n) is 3.34. The van der Waals surface area contributed by atoms with E-state index in [0.717, 1.165) is 12.8 Å². The van der Waals surface area contributed by atoms with Crippen LogP contribution >= 0.6 is 0 Å². The molecule has 2 N–H and O–H groups in total. The summed E-state index contributed by atoms with van der Waals surface area (Å²) in [6.45, 7) is 6.81. The Kier molecular flexibility index (Phi) is 4.59. The summed E-state index contributed by atoms with van der Waals surface area (Å²) in [5.74, 6) is 0.375. The van der Waals surface area contributed by atoms with E-state index in [1.807, 2.05) is 0 Å². The maximum atomic E-state index is 11.8. The first-order chi connectivity index (χ1) is 7.47. The maximum absolute atomic E-state index is 11.8. The van der Waals surface area contributed by atoms with Crippen LogP contribution in [0.2, 0.25) is 0 Å². The number of urea groups is 1. The molecule has 1 fully saturated rings. The number of rotatable bonds is 5. The van der Waals surface area contributed by atoms with Crippen LogP contribution in [0.4, 0.5) is 4.79 Å². The van der Waals surface area contributed by atoms with Crippen LogP contribution in [0.5, 0.6) is 0 Å². The second-order valence-electron chi connectivity index (χ2n) is 5.32. The fraction of sp³-hybridized carbons (Fsp3) is 0.917. The molecule has 0 heterocycles. The highest BCUT2D eigenvalue weighted by Gasteiger charge is 2.33. The van der Waals surface area contributed by atoms with E-state index in [9.17, 15) is 4.79 Å². The molecule has 0 radical (unpaired) electrons. The number of carbonyl (C=O) groups excluding carboxylic acids is 1. The van der Waals surface area contributed by atoms with Crippen molar-refractivity contribution in [1.29, 1.82) is 0 Å². The van der Waals surface area contributed by atoms with Crippen LogP contribution in [0.1, 0.15) is 40.0 Å². The van der Waals surface area contributed by atoms with Crippen molar-refractivity contribution in [3.63, 3.8) is 0 Å². The molecule has 0 unspecified atom stereocenters. The van der Waals surface area contributed by atoms with Crippen molar-refractivity contribution in [1.82, 2.24) is 10.6 Å². The van der Waals surface area contributed by atoms with Gasteiger partial charge in [0, 0.05) is 12.6 Å². The lowest BCUT2D eigenvalue weighted by molar-refractivity contribution is 0.141. The summed E-state index contributed by atoms with van der Waals surface area (Å²) in [5.41, 5.74) is 0.0126. The molecular weight excluding hydrogens is 204 g/mol. The van der Waals surface area contributed by atoms with E-state index in [1.54, 1.807) is 7.11 Å². The number of nitrogens with one attached hydrogen (secondary N) is 2. The van der Waals surface area contributed by atoms with Gasteiger partial charge in [-0.3, -0.25) is 0 Å². The second-order valence-corrected chi connectivity index (χ2v) is 5.32. The number of carbonyl (C=O) groups is 1. The van der Waals surface area contributed by atoms with E-state index in [0.29, 0.717) is 12.5 Å². The molecule has 0 aromatic rings. The van der Waals surface area contributed by atoms with E-state index in [1.165, 1.54) is 6.42 Å². The van der Waals surface area contributed by atoms with Crippen LogP contribution in [0.15, 0.2) is 0 Å². The fourth-order valence-corrected chi connectivity index (χ4v) is 1.89. The SMILES string of the molecule is COC[C@H](NC(=O)NC1(C)CCC1)C(C)C. The summed E-state index contributed by atoms with van der Waals surface area (Å²) in [4.78, 5) is 11.8. The highest BCUT2D eigenvalue weighted by atomic mass is 16.5. The Morgan fingerprint density at radius 2 is 2.06 bits per heavy atom. The van der Waals surface area contributed by atoms with Gasteiger partial charge in [0.25, 0.3) is 0 Å². The van der Waals surface area contributed by atoms with Crippen LogP contribution in [0, 0.1) is 5.92 Å². The highest BCUT2D eigenvalue weighted by molar-refractivity contribution is 5.75. The van der Waals surface area contributed by atoms with Crippen LogP contribution in [0.25, 0.3) is 0 Å². The lowest BCUT2D eigenvalue weighted by atomic mass is 9.79. The molecule has 0 spiro atoms. The van der Waals surface area contributed by atoms with Crippen molar-refractivity contribution in [2.24, 2.45) is 5.92 Å². The molecular formula is C12H24N2O2. The van der Waals surface area contributed by atoms with Crippen molar-refractivity contribution in [3.05, 3.63) is 0 Å². The number of hydrogen-bond acceptors (Lipinski definition) is 2. The molecule has 1 saturated carbocycles. The average Bonchev–Trinajstić information content (AvgIpc) is 2.14. The van der Waals surface area contributed by atoms with Gasteiger partial charge in [0.05, 0.1) is 12.6 Å². The molecule has 1 aliphatic carbocycles. The summed E-state index contributed by atoms with van der Waals surface area (Å²) in [6.07, 6.45) is 3.37. The zero-order valence-electron chi connectivity index (χ0n) is 10.8. The summed E-state index contributed by atoms with van der Waals surface area (Å²) in [6, 6.07) is 0.00614. The lowest BCUT2D eigenvalue weighted by Gasteiger charge is -2.39. The van der Waals surface area contributed by atoms with Gasteiger partial charge in [-0.15, -0.1) is 0 Å². The Morgan fingerprint density at radius 3 is 2.44 bits per heavy atom. The predicted molar refractivity (Wildman–Crippen MR) is 64.4 cm³/mol. The molecule has 1 aliphatic rings. The van der Waals surface area contributed by atoms with E-state index < -0.39 is 0 Å². The minimum absolute atomic E-state index is 0.0126. The van der Waals surface area contributed by atoms with E-state index in [4.69, 9.17) is 4.74 Å². The van der Waals surface area contributed by atoms with Crippen molar-refractivity contribution in [2.45, 2.75) is 51.6 Å². The van der Waals surface area contributed by atoms with Gasteiger partial charge in [0.2, 0.25) is 0 Å². The van der Waals surface area contributed by atoms with Crippen molar-refractivity contribution < 1.29 is 9.53 Å². The van der Waals surface area contributed by atoms with E-state index in [2.05, 4.69) is 31.4 Å². The Hall–Kier alpha value is -0.770. The van der Waals surface area contributed by atoms with Crippen molar-refractivity contribution in [3.8, 4) is 0 Å². The largest absolute Gasteiger partial charge is 0.383 e. The average molecular weight is 228 g/mol. The molecule has 0 aliphatic heterocycles. The quantitative estimate of drug-likeness (QED) is 0.755. The number of ether oxygens (including phenoxy) is 1. The first kappa shape index (κ1) is 13.3. The van der Waals surface area contributed by atoms with Crippen LogP contribution < -0.4 is 10.6 Å². The summed E-state index contributed by atoms with van der Waals surface area (Å²) in [7, 11) is 1.65. The van der Waals surface area contributed by atoms with Crippen LogP contribution in [-0.4, -0.2) is 31.3 Å². The molecule has 16 heavy (non-hydrogen) atoms. The number of amides is 2. The van der Waals surface area contributed by atoms with Gasteiger partial charge in [-0.25, -0.2) is 4.79 Å². The van der Waals surface area contributed by atoms with E-state index >= 15 is 0 Å². The Balaban J connectivity index is 2.36. The Labute approximate surface area is 98.1 Å². The smallest absolute Gasteiger partial charge is 0.315 e. The van der Waals surface area contributed by atoms with Gasteiger partial charge >= 0.3 is 6.03 Å². The van der Waals surface area contributed by atoms with Gasteiger partial charge in [-0.05, 0) is 32.1 Å².